The molecular formula is C28H23F2N3O2S. The highest BCUT2D eigenvalue weighted by Crippen LogP contribution is 2.25. The van der Waals surface area contributed by atoms with E-state index in [1.54, 1.807) is 42.5 Å². The van der Waals surface area contributed by atoms with E-state index >= 15 is 0 Å². The first-order valence-corrected chi connectivity index (χ1v) is 11.6. The van der Waals surface area contributed by atoms with Gasteiger partial charge in [0.1, 0.15) is 11.6 Å². The quantitative estimate of drug-likeness (QED) is 0.255. The minimum Gasteiger partial charge on any atom is -0.336 e. The number of hydrogen-bond acceptors (Lipinski definition) is 3. The molecule has 8 heteroatoms. The number of hydrogen-bond donors (Lipinski definition) is 3. The lowest BCUT2D eigenvalue weighted by atomic mass is 9.91. The normalized spacial score (nSPS) is 11.4. The van der Waals surface area contributed by atoms with E-state index in [0.29, 0.717) is 11.4 Å². The average Bonchev–Trinajstić information content (AvgIpc) is 2.90. The van der Waals surface area contributed by atoms with E-state index in [0.717, 1.165) is 15.4 Å². The summed E-state index contributed by atoms with van der Waals surface area (Å²) in [5.74, 6) is -1.70. The molecule has 0 radical (unpaired) electrons. The number of urea groups is 1. The highest BCUT2D eigenvalue weighted by atomic mass is 32.1. The van der Waals surface area contributed by atoms with Crippen molar-refractivity contribution in [1.82, 2.24) is 5.32 Å². The summed E-state index contributed by atoms with van der Waals surface area (Å²) >= 11 is 4.31. The van der Waals surface area contributed by atoms with Gasteiger partial charge < -0.3 is 10.6 Å². The molecule has 0 aliphatic carbocycles. The molecule has 0 bridgehead atoms. The smallest absolute Gasteiger partial charge is 0.331 e. The van der Waals surface area contributed by atoms with E-state index in [1.165, 1.54) is 30.3 Å². The first-order chi connectivity index (χ1) is 17.4. The third-order valence-corrected chi connectivity index (χ3v) is 6.02. The lowest BCUT2D eigenvalue weighted by Gasteiger charge is -2.22. The molecule has 3 amide bonds. The predicted molar refractivity (Wildman–Crippen MR) is 140 cm³/mol. The number of rotatable bonds is 7. The number of benzene rings is 4. The standard InChI is InChI=1S/C28H23F2N3O2S/c29-21-12-10-20(11-13-21)25(19-6-2-1-3-7-19)18-31-28(35)33(36)23-16-14-22(15-17-23)32-27(34)24-8-4-5-9-26(24)30/h1-17,25,36H,18H2,(H,31,35)(H,32,34). The number of thiol groups is 1. The number of nitrogens with one attached hydrogen (secondary N) is 2. The zero-order valence-corrected chi connectivity index (χ0v) is 20.0. The van der Waals surface area contributed by atoms with Crippen LogP contribution in [0.4, 0.5) is 25.0 Å². The fourth-order valence-electron chi connectivity index (χ4n) is 3.72. The summed E-state index contributed by atoms with van der Waals surface area (Å²) in [5, 5.41) is 5.50. The monoisotopic (exact) mass is 503 g/mol. The Morgan fingerprint density at radius 2 is 1.39 bits per heavy atom. The molecule has 0 spiro atoms. The van der Waals surface area contributed by atoms with Crippen LogP contribution in [0.1, 0.15) is 27.4 Å². The molecule has 0 aliphatic rings. The Labute approximate surface area is 213 Å². The Hall–Kier alpha value is -4.17. The van der Waals surface area contributed by atoms with Crippen molar-refractivity contribution in [2.75, 3.05) is 16.2 Å². The van der Waals surface area contributed by atoms with Crippen LogP contribution in [0, 0.1) is 11.6 Å². The lowest BCUT2D eigenvalue weighted by molar-refractivity contribution is 0.102. The van der Waals surface area contributed by atoms with E-state index in [-0.39, 0.29) is 23.8 Å². The van der Waals surface area contributed by atoms with Crippen LogP contribution in [-0.2, 0) is 0 Å². The highest BCUT2D eigenvalue weighted by Gasteiger charge is 2.18. The second-order valence-corrected chi connectivity index (χ2v) is 8.39. The lowest BCUT2D eigenvalue weighted by Crippen LogP contribution is -2.36. The van der Waals surface area contributed by atoms with E-state index in [1.807, 2.05) is 30.3 Å². The summed E-state index contributed by atoms with van der Waals surface area (Å²) in [6, 6.07) is 27.5. The van der Waals surface area contributed by atoms with Crippen LogP contribution in [0.15, 0.2) is 103 Å². The van der Waals surface area contributed by atoms with Gasteiger partial charge in [-0.25, -0.2) is 17.9 Å². The predicted octanol–water partition coefficient (Wildman–Crippen LogP) is 6.41. The van der Waals surface area contributed by atoms with Crippen molar-refractivity contribution >= 4 is 36.1 Å². The molecule has 182 valence electrons. The van der Waals surface area contributed by atoms with E-state index in [2.05, 4.69) is 23.4 Å². The van der Waals surface area contributed by atoms with Gasteiger partial charge >= 0.3 is 6.03 Å². The number of carbonyl (C=O) groups is 2. The minimum absolute atomic E-state index is 0.0640. The second kappa shape index (κ2) is 11.5. The summed E-state index contributed by atoms with van der Waals surface area (Å²) < 4.78 is 28.4. The van der Waals surface area contributed by atoms with E-state index in [9.17, 15) is 18.4 Å². The number of nitrogens with zero attached hydrogens (tertiary/aromatic N) is 1. The zero-order chi connectivity index (χ0) is 25.5. The van der Waals surface area contributed by atoms with E-state index in [4.69, 9.17) is 0 Å². The largest absolute Gasteiger partial charge is 0.336 e. The Morgan fingerprint density at radius 1 is 0.778 bits per heavy atom. The van der Waals surface area contributed by atoms with Crippen molar-refractivity contribution < 1.29 is 18.4 Å². The molecule has 4 aromatic rings. The maximum Gasteiger partial charge on any atom is 0.331 e. The molecular weight excluding hydrogens is 480 g/mol. The summed E-state index contributed by atoms with van der Waals surface area (Å²) in [7, 11) is 0. The Bertz CT molecular complexity index is 1330. The molecule has 1 atom stereocenters. The number of amides is 3. The summed E-state index contributed by atoms with van der Waals surface area (Å²) in [6.45, 7) is 0.266. The third-order valence-electron chi connectivity index (χ3n) is 5.61. The first kappa shape index (κ1) is 24.9. The molecule has 5 nitrogen and oxygen atoms in total. The summed E-state index contributed by atoms with van der Waals surface area (Å²) in [6.07, 6.45) is 0. The summed E-state index contributed by atoms with van der Waals surface area (Å²) in [4.78, 5) is 25.1. The maximum absolute atomic E-state index is 13.8. The topological polar surface area (TPSA) is 61.4 Å². The van der Waals surface area contributed by atoms with Gasteiger partial charge in [-0.15, -0.1) is 0 Å². The van der Waals surface area contributed by atoms with Gasteiger partial charge in [-0.3, -0.25) is 4.79 Å². The van der Waals surface area contributed by atoms with Gasteiger partial charge in [0.05, 0.1) is 11.3 Å². The average molecular weight is 504 g/mol. The Balaban J connectivity index is 1.41. The highest BCUT2D eigenvalue weighted by molar-refractivity contribution is 7.82. The van der Waals surface area contributed by atoms with Crippen molar-refractivity contribution in [3.8, 4) is 0 Å². The molecule has 0 saturated heterocycles. The number of halogens is 2. The molecule has 0 heterocycles. The molecule has 4 rings (SSSR count). The molecule has 4 aromatic carbocycles. The van der Waals surface area contributed by atoms with Crippen molar-refractivity contribution in [2.24, 2.45) is 0 Å². The van der Waals surface area contributed by atoms with Crippen molar-refractivity contribution in [2.45, 2.75) is 5.92 Å². The maximum atomic E-state index is 13.8. The molecule has 0 aromatic heterocycles. The van der Waals surface area contributed by atoms with E-state index < -0.39 is 17.8 Å². The van der Waals surface area contributed by atoms with Crippen LogP contribution in [0.25, 0.3) is 0 Å². The van der Waals surface area contributed by atoms with Gasteiger partial charge in [0.15, 0.2) is 0 Å². The van der Waals surface area contributed by atoms with Crippen molar-refractivity contribution in [1.29, 1.82) is 0 Å². The number of anilines is 2. The zero-order valence-electron chi connectivity index (χ0n) is 19.1. The van der Waals surface area contributed by atoms with Crippen LogP contribution in [-0.4, -0.2) is 18.5 Å². The van der Waals surface area contributed by atoms with Gasteiger partial charge in [0.25, 0.3) is 5.91 Å². The SMILES string of the molecule is O=C(Nc1ccc(N(S)C(=O)NCC(c2ccccc2)c2ccc(F)cc2)cc1)c1ccccc1F. The fourth-order valence-corrected chi connectivity index (χ4v) is 3.92. The van der Waals surface area contributed by atoms with Gasteiger partial charge in [0.2, 0.25) is 0 Å². The van der Waals surface area contributed by atoms with Crippen molar-refractivity contribution in [3.63, 3.8) is 0 Å². The molecule has 0 aliphatic heterocycles. The molecule has 1 unspecified atom stereocenters. The Morgan fingerprint density at radius 3 is 2.06 bits per heavy atom. The Kier molecular flexibility index (Phi) is 7.97. The van der Waals surface area contributed by atoms with Crippen LogP contribution in [0.5, 0.6) is 0 Å². The second-order valence-electron chi connectivity index (χ2n) is 7.99. The fraction of sp³-hybridized carbons (Fsp3) is 0.0714. The molecule has 0 saturated carbocycles. The molecule has 2 N–H and O–H groups in total. The molecule has 36 heavy (non-hydrogen) atoms. The summed E-state index contributed by atoms with van der Waals surface area (Å²) in [5.41, 5.74) is 2.69. The first-order valence-electron chi connectivity index (χ1n) is 11.2. The third kappa shape index (κ3) is 6.09. The van der Waals surface area contributed by atoms with Gasteiger partial charge in [-0.05, 0) is 59.7 Å². The number of carbonyl (C=O) groups excluding carboxylic acids is 2. The van der Waals surface area contributed by atoms with Gasteiger partial charge in [-0.2, -0.15) is 0 Å². The van der Waals surface area contributed by atoms with Crippen LogP contribution >= 0.6 is 12.8 Å². The minimum atomic E-state index is -0.612. The van der Waals surface area contributed by atoms with Crippen molar-refractivity contribution in [3.05, 3.63) is 131 Å². The van der Waals surface area contributed by atoms with Gasteiger partial charge in [-0.1, -0.05) is 67.4 Å². The van der Waals surface area contributed by atoms with Crippen LogP contribution < -0.4 is 14.9 Å². The van der Waals surface area contributed by atoms with Gasteiger partial charge in [0, 0.05) is 18.2 Å². The molecule has 0 fully saturated rings. The van der Waals surface area contributed by atoms with Crippen LogP contribution in [0.2, 0.25) is 0 Å². The van der Waals surface area contributed by atoms with Crippen LogP contribution in [0.3, 0.4) is 0 Å².